The van der Waals surface area contributed by atoms with Gasteiger partial charge in [0.2, 0.25) is 5.95 Å². The molecule has 0 unspecified atom stereocenters. The zero-order valence-electron chi connectivity index (χ0n) is 10.9. The average molecular weight is 254 g/mol. The van der Waals surface area contributed by atoms with E-state index in [9.17, 15) is 0 Å². The highest BCUT2D eigenvalue weighted by Crippen LogP contribution is 2.43. The first-order valence-corrected chi connectivity index (χ1v) is 6.82. The standard InChI is InChI=1S/C15H18N4/c16-14-18-11-17-13(19-14)15(9-5-2-6-10-15)12-7-3-1-4-8-12/h1,3-4,7-8,11H,2,5-6,9-10H2,(H2,16,17,18,19). The summed E-state index contributed by atoms with van der Waals surface area (Å²) < 4.78 is 0. The second-order valence-corrected chi connectivity index (χ2v) is 5.18. The quantitative estimate of drug-likeness (QED) is 0.895. The first-order valence-electron chi connectivity index (χ1n) is 6.82. The molecule has 98 valence electrons. The number of hydrogen-bond acceptors (Lipinski definition) is 4. The van der Waals surface area contributed by atoms with Crippen molar-refractivity contribution in [2.75, 3.05) is 5.73 Å². The molecule has 1 aromatic carbocycles. The van der Waals surface area contributed by atoms with Crippen LogP contribution in [0, 0.1) is 0 Å². The Morgan fingerprint density at radius 2 is 1.68 bits per heavy atom. The van der Waals surface area contributed by atoms with Gasteiger partial charge in [0.1, 0.15) is 12.2 Å². The minimum Gasteiger partial charge on any atom is -0.368 e. The lowest BCUT2D eigenvalue weighted by Crippen LogP contribution is -2.33. The van der Waals surface area contributed by atoms with Gasteiger partial charge in [0.25, 0.3) is 0 Å². The first-order chi connectivity index (χ1) is 9.31. The highest BCUT2D eigenvalue weighted by Gasteiger charge is 2.38. The molecule has 0 spiro atoms. The minimum atomic E-state index is -0.0867. The van der Waals surface area contributed by atoms with Crippen LogP contribution < -0.4 is 5.73 Å². The van der Waals surface area contributed by atoms with Crippen molar-refractivity contribution in [3.8, 4) is 0 Å². The van der Waals surface area contributed by atoms with Gasteiger partial charge in [0.05, 0.1) is 5.41 Å². The van der Waals surface area contributed by atoms with Gasteiger partial charge in [-0.25, -0.2) is 9.97 Å². The molecule has 2 aromatic rings. The highest BCUT2D eigenvalue weighted by molar-refractivity contribution is 5.34. The van der Waals surface area contributed by atoms with E-state index in [4.69, 9.17) is 5.73 Å². The van der Waals surface area contributed by atoms with Crippen LogP contribution in [0.4, 0.5) is 5.95 Å². The Kier molecular flexibility index (Phi) is 3.15. The van der Waals surface area contributed by atoms with Crippen molar-refractivity contribution in [2.45, 2.75) is 37.5 Å². The molecule has 2 N–H and O–H groups in total. The summed E-state index contributed by atoms with van der Waals surface area (Å²) in [5.74, 6) is 1.14. The molecule has 19 heavy (non-hydrogen) atoms. The SMILES string of the molecule is Nc1ncnc(C2(c3ccccc3)CCCCC2)n1. The van der Waals surface area contributed by atoms with Crippen LogP contribution in [0.15, 0.2) is 36.7 Å². The predicted octanol–water partition coefficient (Wildman–Crippen LogP) is 2.70. The van der Waals surface area contributed by atoms with E-state index in [-0.39, 0.29) is 5.41 Å². The van der Waals surface area contributed by atoms with Gasteiger partial charge < -0.3 is 5.73 Å². The maximum Gasteiger partial charge on any atom is 0.223 e. The molecule has 0 aliphatic heterocycles. The molecule has 3 rings (SSSR count). The summed E-state index contributed by atoms with van der Waals surface area (Å²) in [7, 11) is 0. The number of anilines is 1. The summed E-state index contributed by atoms with van der Waals surface area (Å²) in [6.45, 7) is 0. The van der Waals surface area contributed by atoms with Crippen molar-refractivity contribution in [3.63, 3.8) is 0 Å². The lowest BCUT2D eigenvalue weighted by atomic mass is 9.69. The Labute approximate surface area is 113 Å². The fourth-order valence-electron chi connectivity index (χ4n) is 3.09. The second kappa shape index (κ2) is 4.96. The molecule has 4 heteroatoms. The van der Waals surface area contributed by atoms with Gasteiger partial charge in [-0.3, -0.25) is 0 Å². The lowest BCUT2D eigenvalue weighted by molar-refractivity contribution is 0.330. The van der Waals surface area contributed by atoms with Crippen LogP contribution in [0.3, 0.4) is 0 Å². The third kappa shape index (κ3) is 2.18. The third-order valence-electron chi connectivity index (χ3n) is 4.05. The van der Waals surface area contributed by atoms with Crippen LogP contribution in [0.25, 0.3) is 0 Å². The van der Waals surface area contributed by atoms with E-state index >= 15 is 0 Å². The van der Waals surface area contributed by atoms with Crippen LogP contribution in [0.1, 0.15) is 43.5 Å². The molecular formula is C15H18N4. The normalized spacial score (nSPS) is 18.1. The summed E-state index contributed by atoms with van der Waals surface area (Å²) in [5, 5.41) is 0. The van der Waals surface area contributed by atoms with Crippen LogP contribution in [-0.4, -0.2) is 15.0 Å². The second-order valence-electron chi connectivity index (χ2n) is 5.18. The summed E-state index contributed by atoms with van der Waals surface area (Å²) in [6.07, 6.45) is 7.40. The summed E-state index contributed by atoms with van der Waals surface area (Å²) in [4.78, 5) is 12.7. The molecule has 1 saturated carbocycles. The number of hydrogen-bond donors (Lipinski definition) is 1. The Morgan fingerprint density at radius 1 is 0.947 bits per heavy atom. The largest absolute Gasteiger partial charge is 0.368 e. The topological polar surface area (TPSA) is 64.7 Å². The Bertz CT molecular complexity index is 547. The average Bonchev–Trinajstić information content (AvgIpc) is 2.49. The van der Waals surface area contributed by atoms with E-state index in [1.807, 2.05) is 6.07 Å². The molecule has 1 heterocycles. The summed E-state index contributed by atoms with van der Waals surface area (Å²) in [6, 6.07) is 10.5. The van der Waals surface area contributed by atoms with Gasteiger partial charge in [-0.15, -0.1) is 0 Å². The van der Waals surface area contributed by atoms with Crippen molar-refractivity contribution in [1.82, 2.24) is 15.0 Å². The molecule has 1 fully saturated rings. The van der Waals surface area contributed by atoms with Gasteiger partial charge in [0, 0.05) is 0 Å². The number of nitrogens with zero attached hydrogens (tertiary/aromatic N) is 3. The van der Waals surface area contributed by atoms with Crippen molar-refractivity contribution in [2.24, 2.45) is 0 Å². The number of benzene rings is 1. The molecule has 0 amide bonds. The van der Waals surface area contributed by atoms with Crippen molar-refractivity contribution in [1.29, 1.82) is 0 Å². The van der Waals surface area contributed by atoms with Gasteiger partial charge in [-0.05, 0) is 18.4 Å². The summed E-state index contributed by atoms with van der Waals surface area (Å²) >= 11 is 0. The van der Waals surface area contributed by atoms with Crippen LogP contribution >= 0.6 is 0 Å². The van der Waals surface area contributed by atoms with Crippen LogP contribution in [0.2, 0.25) is 0 Å². The number of aromatic nitrogens is 3. The molecule has 1 aliphatic rings. The highest BCUT2D eigenvalue weighted by atomic mass is 15.1. The fourth-order valence-corrected chi connectivity index (χ4v) is 3.09. The smallest absolute Gasteiger partial charge is 0.223 e. The molecule has 0 atom stereocenters. The Hall–Kier alpha value is -1.97. The van der Waals surface area contributed by atoms with E-state index in [1.54, 1.807) is 0 Å². The monoisotopic (exact) mass is 254 g/mol. The van der Waals surface area contributed by atoms with Gasteiger partial charge in [0.15, 0.2) is 0 Å². The number of rotatable bonds is 2. The molecule has 1 aromatic heterocycles. The molecule has 0 radical (unpaired) electrons. The van der Waals surface area contributed by atoms with E-state index in [0.717, 1.165) is 18.7 Å². The maximum absolute atomic E-state index is 5.74. The zero-order chi connectivity index (χ0) is 13.1. The summed E-state index contributed by atoms with van der Waals surface area (Å²) in [5.41, 5.74) is 6.95. The van der Waals surface area contributed by atoms with Crippen molar-refractivity contribution in [3.05, 3.63) is 48.0 Å². The van der Waals surface area contributed by atoms with Crippen molar-refractivity contribution < 1.29 is 0 Å². The van der Waals surface area contributed by atoms with E-state index in [2.05, 4.69) is 39.2 Å². The van der Waals surface area contributed by atoms with E-state index < -0.39 is 0 Å². The van der Waals surface area contributed by atoms with Crippen molar-refractivity contribution >= 4 is 5.95 Å². The Balaban J connectivity index is 2.12. The zero-order valence-corrected chi connectivity index (χ0v) is 10.9. The number of nitrogen functional groups attached to an aromatic ring is 1. The van der Waals surface area contributed by atoms with Gasteiger partial charge in [-0.2, -0.15) is 4.98 Å². The number of nitrogens with two attached hydrogens (primary N) is 1. The molecular weight excluding hydrogens is 236 g/mol. The molecule has 0 saturated heterocycles. The Morgan fingerprint density at radius 3 is 2.37 bits per heavy atom. The van der Waals surface area contributed by atoms with Gasteiger partial charge in [-0.1, -0.05) is 49.6 Å². The van der Waals surface area contributed by atoms with E-state index in [0.29, 0.717) is 5.95 Å². The molecule has 1 aliphatic carbocycles. The van der Waals surface area contributed by atoms with E-state index in [1.165, 1.54) is 31.2 Å². The maximum atomic E-state index is 5.74. The lowest BCUT2D eigenvalue weighted by Gasteiger charge is -2.36. The predicted molar refractivity (Wildman–Crippen MR) is 74.5 cm³/mol. The van der Waals surface area contributed by atoms with Gasteiger partial charge >= 0.3 is 0 Å². The molecule has 0 bridgehead atoms. The van der Waals surface area contributed by atoms with Crippen LogP contribution in [-0.2, 0) is 5.41 Å². The fraction of sp³-hybridized carbons (Fsp3) is 0.400. The first kappa shape index (κ1) is 12.1. The third-order valence-corrected chi connectivity index (χ3v) is 4.05. The van der Waals surface area contributed by atoms with Crippen LogP contribution in [0.5, 0.6) is 0 Å². The molecule has 4 nitrogen and oxygen atoms in total. The minimum absolute atomic E-state index is 0.0867.